The Morgan fingerprint density at radius 3 is 2.00 bits per heavy atom. The SMILES string of the molecule is CN1C(=Cc2c(O)c(=[N+](c3ccccc3)c3ccccc3)c2=O)C(C)(C)c2c1ccc1ccccc21. The summed E-state index contributed by atoms with van der Waals surface area (Å²) in [6, 6.07) is 32.0. The van der Waals surface area contributed by atoms with E-state index in [1.807, 2.05) is 78.4 Å². The molecule has 5 aromatic rings. The highest BCUT2D eigenvalue weighted by Crippen LogP contribution is 2.50. The number of nitrogens with zero attached hydrogens (tertiary/aromatic N) is 2. The molecule has 0 aromatic heterocycles. The van der Waals surface area contributed by atoms with Crippen molar-refractivity contribution in [2.75, 3.05) is 11.9 Å². The zero-order valence-corrected chi connectivity index (χ0v) is 20.6. The largest absolute Gasteiger partial charge is 0.502 e. The summed E-state index contributed by atoms with van der Waals surface area (Å²) in [5.74, 6) is 0.0187. The monoisotopic (exact) mass is 471 g/mol. The predicted octanol–water partition coefficient (Wildman–Crippen LogP) is 5.99. The van der Waals surface area contributed by atoms with Gasteiger partial charge in [0.2, 0.25) is 17.1 Å². The molecule has 36 heavy (non-hydrogen) atoms. The fourth-order valence-electron chi connectivity index (χ4n) is 5.60. The Labute approximate surface area is 210 Å². The van der Waals surface area contributed by atoms with Crippen molar-refractivity contribution in [2.24, 2.45) is 0 Å². The molecule has 0 atom stereocenters. The highest BCUT2D eigenvalue weighted by atomic mass is 16.3. The third kappa shape index (κ3) is 3.14. The Hall–Kier alpha value is -4.44. The maximum absolute atomic E-state index is 13.6. The lowest BCUT2D eigenvalue weighted by Crippen LogP contribution is -2.42. The van der Waals surface area contributed by atoms with Gasteiger partial charge in [0.25, 0.3) is 5.43 Å². The number of allylic oxidation sites excluding steroid dienone is 1. The maximum atomic E-state index is 13.6. The van der Waals surface area contributed by atoms with E-state index in [-0.39, 0.29) is 16.6 Å². The fourth-order valence-corrected chi connectivity index (χ4v) is 5.60. The topological polar surface area (TPSA) is 43.5 Å². The number of fused-ring (bicyclic) bond motifs is 3. The summed E-state index contributed by atoms with van der Waals surface area (Å²) >= 11 is 0. The molecule has 0 radical (unpaired) electrons. The van der Waals surface area contributed by atoms with Gasteiger partial charge in [0, 0.05) is 48.1 Å². The molecule has 1 heterocycles. The lowest BCUT2D eigenvalue weighted by atomic mass is 9.80. The van der Waals surface area contributed by atoms with Crippen molar-refractivity contribution in [1.82, 2.24) is 4.58 Å². The van der Waals surface area contributed by atoms with E-state index >= 15 is 0 Å². The number of anilines is 1. The summed E-state index contributed by atoms with van der Waals surface area (Å²) < 4.78 is 1.82. The maximum Gasteiger partial charge on any atom is 0.303 e. The summed E-state index contributed by atoms with van der Waals surface area (Å²) in [5, 5.41) is 13.9. The van der Waals surface area contributed by atoms with Crippen LogP contribution in [-0.2, 0) is 5.41 Å². The number of para-hydroxylation sites is 2. The first-order valence-electron chi connectivity index (χ1n) is 12.1. The van der Waals surface area contributed by atoms with Crippen LogP contribution in [0.4, 0.5) is 17.1 Å². The van der Waals surface area contributed by atoms with Crippen LogP contribution >= 0.6 is 0 Å². The van der Waals surface area contributed by atoms with Gasteiger partial charge in [0.15, 0.2) is 0 Å². The summed E-state index contributed by atoms with van der Waals surface area (Å²) in [4.78, 5) is 15.7. The summed E-state index contributed by atoms with van der Waals surface area (Å²) in [6.07, 6.45) is 1.87. The zero-order chi connectivity index (χ0) is 25.0. The second-order valence-corrected chi connectivity index (χ2v) is 9.84. The standard InChI is InChI=1S/C32H26N2O2/c1-32(2)27(33(3)26-19-18-21-12-10-11-17-24(21)28(26)32)20-25-30(35)29(31(25)36)34(22-13-6-4-7-14-22)23-15-8-5-9-16-23/h4-20H,1-3H3/p+1. The Bertz CT molecular complexity index is 1700. The van der Waals surface area contributed by atoms with Crippen molar-refractivity contribution in [1.29, 1.82) is 0 Å². The number of rotatable bonds is 3. The molecular formula is C32H27N2O2+. The molecule has 176 valence electrons. The van der Waals surface area contributed by atoms with Crippen molar-refractivity contribution in [3.8, 4) is 5.75 Å². The molecule has 4 heteroatoms. The van der Waals surface area contributed by atoms with Gasteiger partial charge in [-0.15, -0.1) is 4.58 Å². The molecule has 0 aliphatic carbocycles. The Kier molecular flexibility index (Phi) is 4.94. The minimum atomic E-state index is -0.340. The fraction of sp³-hybridized carbons (Fsp3) is 0.125. The third-order valence-electron chi connectivity index (χ3n) is 7.37. The molecule has 0 unspecified atom stereocenters. The van der Waals surface area contributed by atoms with E-state index in [1.54, 1.807) is 0 Å². The van der Waals surface area contributed by atoms with Crippen LogP contribution in [0.25, 0.3) is 16.8 Å². The van der Waals surface area contributed by atoms with Gasteiger partial charge in [0.1, 0.15) is 0 Å². The van der Waals surface area contributed by atoms with Gasteiger partial charge in [-0.1, -0.05) is 80.6 Å². The second kappa shape index (κ2) is 8.06. The van der Waals surface area contributed by atoms with Crippen LogP contribution in [0.2, 0.25) is 0 Å². The van der Waals surface area contributed by atoms with Crippen molar-refractivity contribution in [3.63, 3.8) is 0 Å². The van der Waals surface area contributed by atoms with E-state index in [4.69, 9.17) is 0 Å². The highest BCUT2D eigenvalue weighted by Gasteiger charge is 2.41. The number of aromatic hydroxyl groups is 1. The van der Waals surface area contributed by atoms with E-state index in [2.05, 4.69) is 55.1 Å². The van der Waals surface area contributed by atoms with Crippen LogP contribution in [0.5, 0.6) is 5.75 Å². The van der Waals surface area contributed by atoms with Crippen LogP contribution in [-0.4, -0.2) is 12.2 Å². The normalized spacial score (nSPS) is 15.5. The smallest absolute Gasteiger partial charge is 0.303 e. The molecule has 0 amide bonds. The van der Waals surface area contributed by atoms with Crippen molar-refractivity contribution >= 4 is 33.9 Å². The van der Waals surface area contributed by atoms with Gasteiger partial charge >= 0.3 is 5.36 Å². The Balaban J connectivity index is 1.55. The molecule has 0 spiro atoms. The molecule has 0 bridgehead atoms. The number of hydrogen-bond acceptors (Lipinski definition) is 3. The van der Waals surface area contributed by atoms with E-state index in [9.17, 15) is 9.90 Å². The van der Waals surface area contributed by atoms with Gasteiger partial charge in [0.05, 0.1) is 5.56 Å². The molecular weight excluding hydrogens is 444 g/mol. The molecule has 6 rings (SSSR count). The first kappa shape index (κ1) is 22.1. The van der Waals surface area contributed by atoms with Crippen LogP contribution in [0.15, 0.2) is 108 Å². The molecule has 4 nitrogen and oxygen atoms in total. The number of benzene rings is 4. The second-order valence-electron chi connectivity index (χ2n) is 9.84. The molecule has 0 saturated carbocycles. The van der Waals surface area contributed by atoms with Crippen molar-refractivity contribution in [2.45, 2.75) is 19.3 Å². The van der Waals surface area contributed by atoms with Crippen LogP contribution in [0.1, 0.15) is 25.0 Å². The van der Waals surface area contributed by atoms with Crippen molar-refractivity contribution < 1.29 is 5.11 Å². The van der Waals surface area contributed by atoms with Gasteiger partial charge in [-0.05, 0) is 28.5 Å². The summed E-state index contributed by atoms with van der Waals surface area (Å²) in [5.41, 5.74) is 4.81. The molecule has 0 fully saturated rings. The zero-order valence-electron chi connectivity index (χ0n) is 20.6. The van der Waals surface area contributed by atoms with Gasteiger partial charge in [-0.2, -0.15) is 0 Å². The lowest BCUT2D eigenvalue weighted by molar-refractivity contribution is 0.454. The lowest BCUT2D eigenvalue weighted by Gasteiger charge is -2.25. The average molecular weight is 472 g/mol. The molecule has 5 aromatic carbocycles. The molecule has 0 saturated heterocycles. The van der Waals surface area contributed by atoms with Crippen LogP contribution < -0.4 is 20.3 Å². The number of hydrogen-bond donors (Lipinski definition) is 1. The first-order chi connectivity index (χ1) is 17.4. The summed E-state index contributed by atoms with van der Waals surface area (Å²) in [7, 11) is 2.03. The van der Waals surface area contributed by atoms with Gasteiger partial charge in [-0.3, -0.25) is 4.79 Å². The number of likely N-dealkylation sites (N-methyl/N-ethyl adjacent to an activating group) is 1. The average Bonchev–Trinajstić information content (AvgIpc) is 3.11. The van der Waals surface area contributed by atoms with E-state index in [1.165, 1.54) is 16.3 Å². The Morgan fingerprint density at radius 2 is 1.39 bits per heavy atom. The first-order valence-corrected chi connectivity index (χ1v) is 12.1. The Morgan fingerprint density at radius 1 is 0.806 bits per heavy atom. The molecule has 1 aliphatic heterocycles. The van der Waals surface area contributed by atoms with Crippen LogP contribution in [0, 0.1) is 0 Å². The molecule has 1 aliphatic rings. The predicted molar refractivity (Wildman–Crippen MR) is 148 cm³/mol. The van der Waals surface area contributed by atoms with Gasteiger partial charge < -0.3 is 10.0 Å². The highest BCUT2D eigenvalue weighted by molar-refractivity contribution is 5.95. The van der Waals surface area contributed by atoms with Crippen molar-refractivity contribution in [3.05, 3.63) is 129 Å². The minimum absolute atomic E-state index is 0.0187. The van der Waals surface area contributed by atoms with Gasteiger partial charge in [-0.25, -0.2) is 0 Å². The van der Waals surface area contributed by atoms with E-state index < -0.39 is 0 Å². The quantitative estimate of drug-likeness (QED) is 0.329. The van der Waals surface area contributed by atoms with Crippen LogP contribution in [0.3, 0.4) is 0 Å². The third-order valence-corrected chi connectivity index (χ3v) is 7.37. The van der Waals surface area contributed by atoms with E-state index in [0.29, 0.717) is 10.9 Å². The minimum Gasteiger partial charge on any atom is -0.502 e. The molecule has 1 N–H and O–H groups in total. The van der Waals surface area contributed by atoms with E-state index in [0.717, 1.165) is 22.8 Å². The summed E-state index contributed by atoms with van der Waals surface area (Å²) in [6.45, 7) is 4.36.